The highest BCUT2D eigenvalue weighted by atomic mass is 32.1. The molecule has 0 atom stereocenters. The zero-order valence-corrected chi connectivity index (χ0v) is 12.4. The quantitative estimate of drug-likeness (QED) is 0.853. The van der Waals surface area contributed by atoms with Crippen molar-refractivity contribution in [3.63, 3.8) is 0 Å². The second-order valence-corrected chi connectivity index (χ2v) is 5.53. The monoisotopic (exact) mass is 319 g/mol. The first-order valence-corrected chi connectivity index (χ1v) is 7.46. The number of thiophene rings is 1. The first kappa shape index (κ1) is 14.4. The Labute approximate surface area is 130 Å². The van der Waals surface area contributed by atoms with Crippen LogP contribution in [-0.2, 0) is 16.1 Å². The van der Waals surface area contributed by atoms with Crippen LogP contribution >= 0.6 is 11.3 Å². The van der Waals surface area contributed by atoms with Crippen LogP contribution in [0.1, 0.15) is 15.2 Å². The third-order valence-electron chi connectivity index (χ3n) is 2.98. The van der Waals surface area contributed by atoms with Crippen LogP contribution < -0.4 is 14.8 Å². The fourth-order valence-corrected chi connectivity index (χ4v) is 2.53. The zero-order valence-electron chi connectivity index (χ0n) is 11.5. The van der Waals surface area contributed by atoms with Crippen molar-refractivity contribution < 1.29 is 23.8 Å². The summed E-state index contributed by atoms with van der Waals surface area (Å²) in [6.07, 6.45) is 0. The Hall–Kier alpha value is -2.54. The van der Waals surface area contributed by atoms with E-state index in [2.05, 4.69) is 5.32 Å². The number of esters is 1. The van der Waals surface area contributed by atoms with Gasteiger partial charge in [-0.05, 0) is 29.6 Å². The minimum atomic E-state index is -0.579. The van der Waals surface area contributed by atoms with Crippen LogP contribution in [0.5, 0.6) is 11.5 Å². The standard InChI is InChI=1S/C15H13NO5S/c17-14(16-7-11-2-1-5-22-11)8-19-15(18)10-3-4-12-13(6-10)21-9-20-12/h1-6H,7-9H2,(H,16,17). The molecule has 1 aliphatic rings. The molecular formula is C15H13NO5S. The number of nitrogens with one attached hydrogen (secondary N) is 1. The van der Waals surface area contributed by atoms with Crippen LogP contribution in [0.25, 0.3) is 0 Å². The molecular weight excluding hydrogens is 306 g/mol. The summed E-state index contributed by atoms with van der Waals surface area (Å²) in [6, 6.07) is 8.57. The third kappa shape index (κ3) is 3.37. The Kier molecular flexibility index (Phi) is 4.24. The molecule has 0 unspecified atom stereocenters. The lowest BCUT2D eigenvalue weighted by Crippen LogP contribution is -2.28. The number of hydrogen-bond donors (Lipinski definition) is 1. The number of ether oxygens (including phenoxy) is 3. The maximum atomic E-state index is 11.9. The van der Waals surface area contributed by atoms with E-state index in [1.54, 1.807) is 23.5 Å². The van der Waals surface area contributed by atoms with Gasteiger partial charge in [-0.3, -0.25) is 4.79 Å². The Morgan fingerprint density at radius 1 is 1.23 bits per heavy atom. The lowest BCUT2D eigenvalue weighted by Gasteiger charge is -2.06. The molecule has 2 heterocycles. The molecule has 6 nitrogen and oxygen atoms in total. The van der Waals surface area contributed by atoms with Crippen LogP contribution in [0.4, 0.5) is 0 Å². The fourth-order valence-electron chi connectivity index (χ4n) is 1.89. The van der Waals surface area contributed by atoms with E-state index in [4.69, 9.17) is 14.2 Å². The second kappa shape index (κ2) is 6.48. The number of carbonyl (C=O) groups excluding carboxylic acids is 2. The molecule has 7 heteroatoms. The summed E-state index contributed by atoms with van der Waals surface area (Å²) < 4.78 is 15.3. The fraction of sp³-hybridized carbons (Fsp3) is 0.200. The summed E-state index contributed by atoms with van der Waals surface area (Å²) in [5.74, 6) is 0.161. The molecule has 0 spiro atoms. The number of benzene rings is 1. The summed E-state index contributed by atoms with van der Waals surface area (Å²) in [5, 5.41) is 4.61. The van der Waals surface area contributed by atoms with Crippen molar-refractivity contribution in [1.82, 2.24) is 5.32 Å². The van der Waals surface area contributed by atoms with Crippen molar-refractivity contribution in [3.05, 3.63) is 46.2 Å². The van der Waals surface area contributed by atoms with Crippen molar-refractivity contribution in [3.8, 4) is 11.5 Å². The first-order valence-electron chi connectivity index (χ1n) is 6.58. The van der Waals surface area contributed by atoms with Gasteiger partial charge in [-0.15, -0.1) is 11.3 Å². The Balaban J connectivity index is 1.48. The molecule has 3 rings (SSSR count). The number of rotatable bonds is 5. The SMILES string of the molecule is O=C(COC(=O)c1ccc2c(c1)OCO2)NCc1cccs1. The summed E-state index contributed by atoms with van der Waals surface area (Å²) >= 11 is 1.55. The molecule has 0 saturated heterocycles. The molecule has 22 heavy (non-hydrogen) atoms. The summed E-state index contributed by atoms with van der Waals surface area (Å²) in [7, 11) is 0. The first-order chi connectivity index (χ1) is 10.7. The van der Waals surface area contributed by atoms with Crippen LogP contribution in [-0.4, -0.2) is 25.3 Å². The van der Waals surface area contributed by atoms with E-state index in [9.17, 15) is 9.59 Å². The van der Waals surface area contributed by atoms with Crippen molar-refractivity contribution in [1.29, 1.82) is 0 Å². The normalized spacial score (nSPS) is 12.0. The van der Waals surface area contributed by atoms with E-state index in [1.807, 2.05) is 17.5 Å². The van der Waals surface area contributed by atoms with Gasteiger partial charge in [-0.25, -0.2) is 4.79 Å². The van der Waals surface area contributed by atoms with E-state index in [0.29, 0.717) is 23.6 Å². The average Bonchev–Trinajstić information content (AvgIpc) is 3.20. The van der Waals surface area contributed by atoms with Crippen LogP contribution in [0, 0.1) is 0 Å². The third-order valence-corrected chi connectivity index (χ3v) is 3.86. The topological polar surface area (TPSA) is 73.9 Å². The molecule has 0 aliphatic carbocycles. The van der Waals surface area contributed by atoms with Gasteiger partial charge in [0.15, 0.2) is 18.1 Å². The Bertz CT molecular complexity index is 683. The van der Waals surface area contributed by atoms with Gasteiger partial charge in [0.1, 0.15) is 0 Å². The van der Waals surface area contributed by atoms with Gasteiger partial charge in [0.2, 0.25) is 6.79 Å². The smallest absolute Gasteiger partial charge is 0.338 e. The zero-order chi connectivity index (χ0) is 15.4. The van der Waals surface area contributed by atoms with Crippen molar-refractivity contribution in [2.75, 3.05) is 13.4 Å². The molecule has 1 aromatic carbocycles. The van der Waals surface area contributed by atoms with Crippen LogP contribution in [0.15, 0.2) is 35.7 Å². The predicted octanol–water partition coefficient (Wildman–Crippen LogP) is 1.95. The predicted molar refractivity (Wildman–Crippen MR) is 79.0 cm³/mol. The van der Waals surface area contributed by atoms with Crippen LogP contribution in [0.2, 0.25) is 0 Å². The van der Waals surface area contributed by atoms with Crippen molar-refractivity contribution in [2.24, 2.45) is 0 Å². The van der Waals surface area contributed by atoms with Gasteiger partial charge in [0.05, 0.1) is 12.1 Å². The van der Waals surface area contributed by atoms with Gasteiger partial charge in [-0.1, -0.05) is 6.07 Å². The van der Waals surface area contributed by atoms with Gasteiger partial charge in [0, 0.05) is 4.88 Å². The molecule has 1 amide bonds. The van der Waals surface area contributed by atoms with Gasteiger partial charge < -0.3 is 19.5 Å². The van der Waals surface area contributed by atoms with E-state index in [1.165, 1.54) is 6.07 Å². The molecule has 0 saturated carbocycles. The maximum Gasteiger partial charge on any atom is 0.338 e. The molecule has 1 aromatic heterocycles. The number of amides is 1. The summed E-state index contributed by atoms with van der Waals surface area (Å²) in [5.41, 5.74) is 0.315. The van der Waals surface area contributed by atoms with E-state index < -0.39 is 5.97 Å². The average molecular weight is 319 g/mol. The molecule has 114 valence electrons. The lowest BCUT2D eigenvalue weighted by molar-refractivity contribution is -0.124. The number of fused-ring (bicyclic) bond motifs is 1. The van der Waals surface area contributed by atoms with E-state index in [-0.39, 0.29) is 19.3 Å². The molecule has 1 aliphatic heterocycles. The molecule has 1 N–H and O–H groups in total. The van der Waals surface area contributed by atoms with Gasteiger partial charge >= 0.3 is 5.97 Å². The molecule has 0 bridgehead atoms. The highest BCUT2D eigenvalue weighted by molar-refractivity contribution is 7.09. The highest BCUT2D eigenvalue weighted by Crippen LogP contribution is 2.32. The van der Waals surface area contributed by atoms with Gasteiger partial charge in [0.25, 0.3) is 5.91 Å². The van der Waals surface area contributed by atoms with Gasteiger partial charge in [-0.2, -0.15) is 0 Å². The molecule has 2 aromatic rings. The highest BCUT2D eigenvalue weighted by Gasteiger charge is 2.17. The van der Waals surface area contributed by atoms with Crippen LogP contribution in [0.3, 0.4) is 0 Å². The van der Waals surface area contributed by atoms with Crippen molar-refractivity contribution >= 4 is 23.2 Å². The minimum absolute atomic E-state index is 0.138. The number of carbonyl (C=O) groups is 2. The number of hydrogen-bond acceptors (Lipinski definition) is 6. The van der Waals surface area contributed by atoms with E-state index in [0.717, 1.165) is 4.88 Å². The van der Waals surface area contributed by atoms with Crippen molar-refractivity contribution in [2.45, 2.75) is 6.54 Å². The summed E-state index contributed by atoms with van der Waals surface area (Å²) in [6.45, 7) is 0.246. The summed E-state index contributed by atoms with van der Waals surface area (Å²) in [4.78, 5) is 24.6. The largest absolute Gasteiger partial charge is 0.454 e. The second-order valence-electron chi connectivity index (χ2n) is 4.50. The maximum absolute atomic E-state index is 11.9. The Morgan fingerprint density at radius 2 is 2.09 bits per heavy atom. The lowest BCUT2D eigenvalue weighted by atomic mass is 10.2. The molecule has 0 fully saturated rings. The minimum Gasteiger partial charge on any atom is -0.454 e. The van der Waals surface area contributed by atoms with E-state index >= 15 is 0 Å². The Morgan fingerprint density at radius 3 is 2.91 bits per heavy atom. The molecule has 0 radical (unpaired) electrons.